The molecule has 1 aliphatic heterocycles. The average molecular weight is 240 g/mol. The summed E-state index contributed by atoms with van der Waals surface area (Å²) in [6.45, 7) is 7.78. The van der Waals surface area contributed by atoms with Crippen molar-refractivity contribution in [3.8, 4) is 0 Å². The molecule has 0 amide bonds. The molecule has 2 aliphatic rings. The van der Waals surface area contributed by atoms with Crippen molar-refractivity contribution >= 4 is 13.9 Å². The third-order valence-corrected chi connectivity index (χ3v) is 7.58. The molecule has 0 spiro atoms. The summed E-state index contributed by atoms with van der Waals surface area (Å²) in [4.78, 5) is 12.2. The summed E-state index contributed by atoms with van der Waals surface area (Å²) in [6, 6.07) is 0. The average Bonchev–Trinajstić information content (AvgIpc) is 2.99. The van der Waals surface area contributed by atoms with E-state index in [1.54, 1.807) is 0 Å². The quantitative estimate of drug-likeness (QED) is 0.558. The lowest BCUT2D eigenvalue weighted by atomic mass is 9.85. The zero-order valence-electron chi connectivity index (χ0n) is 10.8. The van der Waals surface area contributed by atoms with Gasteiger partial charge in [-0.25, -0.2) is 0 Å². The van der Waals surface area contributed by atoms with Crippen molar-refractivity contribution in [1.29, 1.82) is 0 Å². The van der Waals surface area contributed by atoms with E-state index in [9.17, 15) is 4.79 Å². The van der Waals surface area contributed by atoms with Crippen LogP contribution in [0.1, 0.15) is 38.5 Å². The molecule has 1 heterocycles. The molecule has 1 saturated heterocycles. The Bertz CT molecular complexity index is 270. The number of rotatable bonds is 4. The molecule has 0 aromatic carbocycles. The Morgan fingerprint density at radius 2 is 1.81 bits per heavy atom. The highest BCUT2D eigenvalue weighted by Gasteiger charge is 2.56. The zero-order chi connectivity index (χ0) is 11.8. The predicted octanol–water partition coefficient (Wildman–Crippen LogP) is 3.17. The summed E-state index contributed by atoms with van der Waals surface area (Å²) in [5.74, 6) is 0.839. The van der Waals surface area contributed by atoms with Gasteiger partial charge in [0.2, 0.25) is 0 Å². The SMILES string of the molecule is C[Si](C)(C)C1(CC(=O)C2CCCCC2)CO1. The highest BCUT2D eigenvalue weighted by molar-refractivity contribution is 6.79. The molecule has 1 unspecified atom stereocenters. The highest BCUT2D eigenvalue weighted by atomic mass is 28.3. The first kappa shape index (κ1) is 12.3. The maximum atomic E-state index is 12.2. The third-order valence-electron chi connectivity index (χ3n) is 4.38. The van der Waals surface area contributed by atoms with Crippen molar-refractivity contribution < 1.29 is 9.53 Å². The van der Waals surface area contributed by atoms with Crippen molar-refractivity contribution in [3.05, 3.63) is 0 Å². The lowest BCUT2D eigenvalue weighted by Gasteiger charge is -2.27. The summed E-state index contributed by atoms with van der Waals surface area (Å²) in [5.41, 5.74) is 0. The van der Waals surface area contributed by atoms with Crippen LogP contribution in [0.25, 0.3) is 0 Å². The Balaban J connectivity index is 1.92. The molecular weight excluding hydrogens is 216 g/mol. The molecule has 16 heavy (non-hydrogen) atoms. The molecule has 0 aromatic heterocycles. The normalized spacial score (nSPS) is 31.4. The minimum atomic E-state index is -1.34. The molecule has 2 rings (SSSR count). The summed E-state index contributed by atoms with van der Waals surface area (Å²) in [7, 11) is -1.34. The fourth-order valence-corrected chi connectivity index (χ4v) is 4.38. The van der Waals surface area contributed by atoms with Gasteiger partial charge in [-0.1, -0.05) is 38.9 Å². The van der Waals surface area contributed by atoms with Gasteiger partial charge >= 0.3 is 0 Å². The van der Waals surface area contributed by atoms with Crippen LogP contribution in [0, 0.1) is 5.92 Å². The monoisotopic (exact) mass is 240 g/mol. The standard InChI is InChI=1S/C13H24O2Si/c1-16(2,3)13(10-15-13)9-12(14)11-7-5-4-6-8-11/h11H,4-10H2,1-3H3. The van der Waals surface area contributed by atoms with Gasteiger partial charge in [-0.05, 0) is 12.8 Å². The van der Waals surface area contributed by atoms with E-state index in [0.717, 1.165) is 19.4 Å². The maximum absolute atomic E-state index is 12.2. The second-order valence-electron chi connectivity index (χ2n) is 6.51. The lowest BCUT2D eigenvalue weighted by Crippen LogP contribution is -2.44. The van der Waals surface area contributed by atoms with E-state index in [-0.39, 0.29) is 5.22 Å². The fraction of sp³-hybridized carbons (Fsp3) is 0.923. The smallest absolute Gasteiger partial charge is 0.138 e. The minimum Gasteiger partial charge on any atom is -0.373 e. The Morgan fingerprint density at radius 1 is 1.25 bits per heavy atom. The number of ketones is 1. The Kier molecular flexibility index (Phi) is 3.28. The van der Waals surface area contributed by atoms with E-state index in [2.05, 4.69) is 19.6 Å². The van der Waals surface area contributed by atoms with E-state index >= 15 is 0 Å². The van der Waals surface area contributed by atoms with Crippen molar-refractivity contribution in [2.24, 2.45) is 5.92 Å². The molecule has 92 valence electrons. The van der Waals surface area contributed by atoms with Crippen LogP contribution < -0.4 is 0 Å². The van der Waals surface area contributed by atoms with Crippen LogP contribution in [0.3, 0.4) is 0 Å². The second-order valence-corrected chi connectivity index (χ2v) is 11.9. The van der Waals surface area contributed by atoms with Crippen LogP contribution in [-0.4, -0.2) is 25.7 Å². The van der Waals surface area contributed by atoms with E-state index in [1.165, 1.54) is 19.3 Å². The molecule has 1 atom stereocenters. The summed E-state index contributed by atoms with van der Waals surface area (Å²) in [6.07, 6.45) is 6.77. The fourth-order valence-electron chi connectivity index (χ4n) is 2.74. The third kappa shape index (κ3) is 2.40. The maximum Gasteiger partial charge on any atom is 0.138 e. The van der Waals surface area contributed by atoms with E-state index in [0.29, 0.717) is 18.1 Å². The molecule has 0 radical (unpaired) electrons. The van der Waals surface area contributed by atoms with E-state index in [1.807, 2.05) is 0 Å². The number of hydrogen-bond acceptors (Lipinski definition) is 2. The molecule has 2 fully saturated rings. The summed E-state index contributed by atoms with van der Waals surface area (Å²) >= 11 is 0. The number of carbonyl (C=O) groups excluding carboxylic acids is 1. The Morgan fingerprint density at radius 3 is 2.25 bits per heavy atom. The van der Waals surface area contributed by atoms with Crippen molar-refractivity contribution in [2.75, 3.05) is 6.61 Å². The summed E-state index contributed by atoms with van der Waals surface area (Å²) < 4.78 is 5.66. The number of epoxide rings is 1. The predicted molar refractivity (Wildman–Crippen MR) is 68.2 cm³/mol. The number of hydrogen-bond donors (Lipinski definition) is 0. The van der Waals surface area contributed by atoms with Crippen LogP contribution >= 0.6 is 0 Å². The first-order valence-corrected chi connectivity index (χ1v) is 10.1. The van der Waals surface area contributed by atoms with Crippen LogP contribution in [0.15, 0.2) is 0 Å². The van der Waals surface area contributed by atoms with Gasteiger partial charge in [0.05, 0.1) is 19.9 Å². The van der Waals surface area contributed by atoms with Gasteiger partial charge < -0.3 is 4.74 Å². The number of ether oxygens (including phenoxy) is 1. The molecule has 0 bridgehead atoms. The minimum absolute atomic E-state index is 0.00152. The lowest BCUT2D eigenvalue weighted by molar-refractivity contribution is -0.124. The van der Waals surface area contributed by atoms with Gasteiger partial charge in [-0.15, -0.1) is 0 Å². The van der Waals surface area contributed by atoms with Gasteiger partial charge in [0.25, 0.3) is 0 Å². The van der Waals surface area contributed by atoms with E-state index < -0.39 is 8.07 Å². The van der Waals surface area contributed by atoms with E-state index in [4.69, 9.17) is 4.74 Å². The van der Waals surface area contributed by atoms with Crippen molar-refractivity contribution in [2.45, 2.75) is 63.4 Å². The Hall–Kier alpha value is -0.153. The Labute approximate surface area is 99.8 Å². The second kappa shape index (κ2) is 4.26. The first-order chi connectivity index (χ1) is 7.45. The van der Waals surface area contributed by atoms with Crippen LogP contribution in [0.5, 0.6) is 0 Å². The topological polar surface area (TPSA) is 29.6 Å². The molecular formula is C13H24O2Si. The molecule has 1 aliphatic carbocycles. The molecule has 1 saturated carbocycles. The van der Waals surface area contributed by atoms with Gasteiger partial charge in [0.1, 0.15) is 5.78 Å². The highest BCUT2D eigenvalue weighted by Crippen LogP contribution is 2.42. The largest absolute Gasteiger partial charge is 0.373 e. The number of carbonyl (C=O) groups is 1. The first-order valence-electron chi connectivity index (χ1n) is 6.61. The molecule has 2 nitrogen and oxygen atoms in total. The molecule has 0 N–H and O–H groups in total. The molecule has 0 aromatic rings. The number of Topliss-reactive ketones (excluding diaryl/α,β-unsaturated/α-hetero) is 1. The zero-order valence-corrected chi connectivity index (χ0v) is 11.8. The van der Waals surface area contributed by atoms with Gasteiger partial charge in [0, 0.05) is 12.3 Å². The molecule has 3 heteroatoms. The summed E-state index contributed by atoms with van der Waals surface area (Å²) in [5, 5.41) is 0.00152. The van der Waals surface area contributed by atoms with Crippen LogP contribution in [0.2, 0.25) is 19.6 Å². The van der Waals surface area contributed by atoms with Gasteiger partial charge in [-0.3, -0.25) is 4.79 Å². The van der Waals surface area contributed by atoms with Crippen molar-refractivity contribution in [3.63, 3.8) is 0 Å². The van der Waals surface area contributed by atoms with Crippen LogP contribution in [0.4, 0.5) is 0 Å². The van der Waals surface area contributed by atoms with Crippen LogP contribution in [-0.2, 0) is 9.53 Å². The van der Waals surface area contributed by atoms with Crippen molar-refractivity contribution in [1.82, 2.24) is 0 Å². The van der Waals surface area contributed by atoms with Gasteiger partial charge in [0.15, 0.2) is 0 Å². The van der Waals surface area contributed by atoms with Gasteiger partial charge in [-0.2, -0.15) is 0 Å².